The van der Waals surface area contributed by atoms with Crippen LogP contribution in [0, 0.1) is 5.82 Å². The second-order valence-electron chi connectivity index (χ2n) is 5.83. The normalized spacial score (nSPS) is 11.9. The maximum absolute atomic E-state index is 14.8. The predicted molar refractivity (Wildman–Crippen MR) is 104 cm³/mol. The van der Waals surface area contributed by atoms with Crippen LogP contribution in [-0.2, 0) is 10.8 Å². The molecular formula is C20H14FN5OS. The fraction of sp³-hybridized carbons (Fsp3) is 0. The number of nitrogens with zero attached hydrogens (tertiary/aromatic N) is 4. The Morgan fingerprint density at radius 2 is 1.75 bits per heavy atom. The Kier molecular flexibility index (Phi) is 4.86. The third-order valence-electron chi connectivity index (χ3n) is 4.02. The highest BCUT2D eigenvalue weighted by Crippen LogP contribution is 2.30. The van der Waals surface area contributed by atoms with Crippen LogP contribution < -0.4 is 5.73 Å². The zero-order valence-electron chi connectivity index (χ0n) is 14.5. The minimum Gasteiger partial charge on any atom is -0.382 e. The first-order valence-electron chi connectivity index (χ1n) is 8.28. The van der Waals surface area contributed by atoms with Crippen LogP contribution >= 0.6 is 0 Å². The summed E-state index contributed by atoms with van der Waals surface area (Å²) in [6.07, 6.45) is 7.48. The van der Waals surface area contributed by atoms with Crippen LogP contribution in [0.15, 0.2) is 83.4 Å². The molecule has 0 radical (unpaired) electrons. The molecule has 1 atom stereocenters. The third-order valence-corrected chi connectivity index (χ3v) is 5.37. The van der Waals surface area contributed by atoms with E-state index in [4.69, 9.17) is 5.73 Å². The minimum atomic E-state index is -1.54. The molecule has 0 saturated heterocycles. The van der Waals surface area contributed by atoms with Crippen molar-refractivity contribution in [3.63, 3.8) is 0 Å². The number of halogens is 1. The van der Waals surface area contributed by atoms with E-state index in [9.17, 15) is 8.60 Å². The zero-order chi connectivity index (χ0) is 19.5. The van der Waals surface area contributed by atoms with Gasteiger partial charge in [0.1, 0.15) is 27.5 Å². The maximum atomic E-state index is 14.8. The second-order valence-corrected chi connectivity index (χ2v) is 7.23. The van der Waals surface area contributed by atoms with Gasteiger partial charge in [-0.2, -0.15) is 0 Å². The monoisotopic (exact) mass is 391 g/mol. The maximum Gasteiger partial charge on any atom is 0.141 e. The molecule has 0 saturated carbocycles. The molecule has 0 fully saturated rings. The van der Waals surface area contributed by atoms with Gasteiger partial charge in [-0.05, 0) is 35.9 Å². The number of hydrogen-bond acceptors (Lipinski definition) is 6. The molecule has 2 N–H and O–H groups in total. The average Bonchev–Trinajstić information content (AvgIpc) is 2.74. The van der Waals surface area contributed by atoms with E-state index in [1.807, 2.05) is 0 Å². The summed E-state index contributed by atoms with van der Waals surface area (Å²) in [4.78, 5) is 16.8. The number of aromatic nitrogens is 4. The minimum absolute atomic E-state index is 0.263. The smallest absolute Gasteiger partial charge is 0.141 e. The van der Waals surface area contributed by atoms with Crippen LogP contribution in [0.3, 0.4) is 0 Å². The van der Waals surface area contributed by atoms with Crippen molar-refractivity contribution < 1.29 is 8.60 Å². The summed E-state index contributed by atoms with van der Waals surface area (Å²) >= 11 is 0. The predicted octanol–water partition coefficient (Wildman–Crippen LogP) is 3.49. The Hall–Kier alpha value is -3.52. The quantitative estimate of drug-likeness (QED) is 0.572. The molecule has 1 aromatic carbocycles. The van der Waals surface area contributed by atoms with Crippen molar-refractivity contribution in [1.82, 2.24) is 19.9 Å². The number of anilines is 1. The topological polar surface area (TPSA) is 94.7 Å². The Labute approximate surface area is 162 Å². The molecule has 0 amide bonds. The molecule has 4 aromatic rings. The van der Waals surface area contributed by atoms with Crippen LogP contribution in [0.4, 0.5) is 10.2 Å². The Bertz CT molecular complexity index is 1150. The molecule has 0 aliphatic rings. The fourth-order valence-corrected chi connectivity index (χ4v) is 3.82. The Morgan fingerprint density at radius 1 is 0.893 bits per heavy atom. The van der Waals surface area contributed by atoms with Crippen LogP contribution in [0.25, 0.3) is 22.4 Å². The first-order chi connectivity index (χ1) is 13.6. The first-order valence-corrected chi connectivity index (χ1v) is 9.43. The highest BCUT2D eigenvalue weighted by molar-refractivity contribution is 7.85. The van der Waals surface area contributed by atoms with Crippen molar-refractivity contribution in [3.8, 4) is 22.4 Å². The third kappa shape index (κ3) is 3.49. The van der Waals surface area contributed by atoms with Crippen molar-refractivity contribution in [2.24, 2.45) is 0 Å². The highest BCUT2D eigenvalue weighted by atomic mass is 32.2. The summed E-state index contributed by atoms with van der Waals surface area (Å²) in [7, 11) is -1.54. The number of pyridine rings is 2. The largest absolute Gasteiger partial charge is 0.382 e. The molecule has 0 bridgehead atoms. The molecule has 6 nitrogen and oxygen atoms in total. The van der Waals surface area contributed by atoms with Gasteiger partial charge in [0.15, 0.2) is 0 Å². The molecule has 0 aliphatic heterocycles. The molecule has 1 unspecified atom stereocenters. The Balaban J connectivity index is 1.75. The second kappa shape index (κ2) is 7.61. The summed E-state index contributed by atoms with van der Waals surface area (Å²) in [6, 6.07) is 11.6. The molecule has 3 aromatic heterocycles. The number of nitrogens with two attached hydrogens (primary N) is 1. The highest BCUT2D eigenvalue weighted by Gasteiger charge is 2.17. The SMILES string of the molecule is Nc1cnc(-c2ccc(-c3cccnc3S(=O)c3cccnc3)cc2F)cn1. The van der Waals surface area contributed by atoms with Gasteiger partial charge in [-0.15, -0.1) is 0 Å². The van der Waals surface area contributed by atoms with E-state index in [1.54, 1.807) is 48.8 Å². The standard InChI is InChI=1S/C20H14FN5OS/c21-17-9-13(5-6-16(17)18-11-26-19(22)12-25-18)15-4-2-8-24-20(15)28(27)14-3-1-7-23-10-14/h1-12H,(H2,22,26). The summed E-state index contributed by atoms with van der Waals surface area (Å²) in [5, 5.41) is 0.343. The molecule has 0 spiro atoms. The summed E-state index contributed by atoms with van der Waals surface area (Å²) in [6.45, 7) is 0. The van der Waals surface area contributed by atoms with Gasteiger partial charge >= 0.3 is 0 Å². The number of benzene rings is 1. The molecular weight excluding hydrogens is 377 g/mol. The van der Waals surface area contributed by atoms with E-state index >= 15 is 0 Å². The van der Waals surface area contributed by atoms with Crippen LogP contribution in [0.2, 0.25) is 0 Å². The lowest BCUT2D eigenvalue weighted by atomic mass is 10.0. The first kappa shape index (κ1) is 17.9. The van der Waals surface area contributed by atoms with E-state index in [0.29, 0.717) is 32.3 Å². The van der Waals surface area contributed by atoms with Crippen LogP contribution in [0.1, 0.15) is 0 Å². The van der Waals surface area contributed by atoms with E-state index in [0.717, 1.165) is 0 Å². The zero-order valence-corrected chi connectivity index (χ0v) is 15.3. The lowest BCUT2D eigenvalue weighted by molar-refractivity contribution is 0.631. The lowest BCUT2D eigenvalue weighted by Gasteiger charge is -2.10. The van der Waals surface area contributed by atoms with Gasteiger partial charge in [-0.25, -0.2) is 18.6 Å². The van der Waals surface area contributed by atoms with Crippen molar-refractivity contribution in [3.05, 3.63) is 79.3 Å². The number of nitrogen functional groups attached to an aromatic ring is 1. The van der Waals surface area contributed by atoms with Gasteiger partial charge in [0.05, 0.1) is 23.0 Å². The van der Waals surface area contributed by atoms with Crippen LogP contribution in [0.5, 0.6) is 0 Å². The summed E-state index contributed by atoms with van der Waals surface area (Å²) in [5.41, 5.74) is 7.35. The van der Waals surface area contributed by atoms with E-state index < -0.39 is 16.6 Å². The van der Waals surface area contributed by atoms with Crippen molar-refractivity contribution in [2.75, 3.05) is 5.73 Å². The van der Waals surface area contributed by atoms with Gasteiger partial charge in [0.2, 0.25) is 0 Å². The van der Waals surface area contributed by atoms with Crippen molar-refractivity contribution in [2.45, 2.75) is 9.92 Å². The average molecular weight is 391 g/mol. The van der Waals surface area contributed by atoms with Gasteiger partial charge in [0.25, 0.3) is 0 Å². The molecule has 0 aliphatic carbocycles. The number of rotatable bonds is 4. The lowest BCUT2D eigenvalue weighted by Crippen LogP contribution is -2.00. The molecule has 8 heteroatoms. The summed E-state index contributed by atoms with van der Waals surface area (Å²) < 4.78 is 27.7. The van der Waals surface area contributed by atoms with E-state index in [2.05, 4.69) is 19.9 Å². The summed E-state index contributed by atoms with van der Waals surface area (Å²) in [5.74, 6) is -0.211. The fourth-order valence-electron chi connectivity index (χ4n) is 2.69. The van der Waals surface area contributed by atoms with E-state index in [-0.39, 0.29) is 5.82 Å². The van der Waals surface area contributed by atoms with Crippen molar-refractivity contribution in [1.29, 1.82) is 0 Å². The van der Waals surface area contributed by atoms with E-state index in [1.165, 1.54) is 24.7 Å². The molecule has 138 valence electrons. The molecule has 28 heavy (non-hydrogen) atoms. The number of hydrogen-bond donors (Lipinski definition) is 1. The Morgan fingerprint density at radius 3 is 2.46 bits per heavy atom. The van der Waals surface area contributed by atoms with Crippen LogP contribution in [-0.4, -0.2) is 24.1 Å². The molecule has 4 rings (SSSR count). The molecule has 3 heterocycles. The van der Waals surface area contributed by atoms with Crippen molar-refractivity contribution >= 4 is 16.6 Å². The van der Waals surface area contributed by atoms with Gasteiger partial charge in [-0.1, -0.05) is 12.1 Å². The van der Waals surface area contributed by atoms with Gasteiger partial charge in [0, 0.05) is 29.7 Å². The van der Waals surface area contributed by atoms with Gasteiger partial charge in [-0.3, -0.25) is 9.97 Å². The van der Waals surface area contributed by atoms with Gasteiger partial charge < -0.3 is 5.73 Å².